The molecule has 4 heteroatoms. The van der Waals surface area contributed by atoms with Crippen molar-refractivity contribution in [1.82, 2.24) is 5.32 Å². The minimum Gasteiger partial charge on any atom is -0.348 e. The third-order valence-electron chi connectivity index (χ3n) is 3.47. The van der Waals surface area contributed by atoms with Crippen molar-refractivity contribution in [2.45, 2.75) is 30.1 Å². The molecule has 1 amide bonds. The highest BCUT2D eigenvalue weighted by atomic mass is 79.9. The molecule has 1 aliphatic rings. The van der Waals surface area contributed by atoms with Crippen LogP contribution in [0.25, 0.3) is 10.1 Å². The number of carbonyl (C=O) groups is 1. The summed E-state index contributed by atoms with van der Waals surface area (Å²) < 4.78 is 1.17. The van der Waals surface area contributed by atoms with E-state index in [1.54, 1.807) is 11.3 Å². The molecule has 1 aromatic heterocycles. The standard InChI is InChI=1S/C14H14BrNOS/c15-11-5-3-6-12(11)16-14(17)10-8-18-13-7-2-1-4-9(10)13/h1-2,4,7-8,11-12H,3,5-6H2,(H,16,17). The van der Waals surface area contributed by atoms with E-state index in [1.807, 2.05) is 23.6 Å². The summed E-state index contributed by atoms with van der Waals surface area (Å²) >= 11 is 5.26. The van der Waals surface area contributed by atoms with Gasteiger partial charge in [-0.2, -0.15) is 0 Å². The minimum atomic E-state index is 0.0591. The number of hydrogen-bond acceptors (Lipinski definition) is 2. The normalized spacial score (nSPS) is 23.4. The maximum Gasteiger partial charge on any atom is 0.253 e. The van der Waals surface area contributed by atoms with Crippen LogP contribution in [0.5, 0.6) is 0 Å². The highest BCUT2D eigenvalue weighted by Gasteiger charge is 2.27. The van der Waals surface area contributed by atoms with Crippen molar-refractivity contribution < 1.29 is 4.79 Å². The lowest BCUT2D eigenvalue weighted by atomic mass is 10.1. The summed E-state index contributed by atoms with van der Waals surface area (Å²) in [7, 11) is 0. The lowest BCUT2D eigenvalue weighted by molar-refractivity contribution is 0.0941. The Kier molecular flexibility index (Phi) is 3.39. The Hall–Kier alpha value is -0.870. The molecule has 1 N–H and O–H groups in total. The molecule has 1 heterocycles. The fourth-order valence-electron chi connectivity index (χ4n) is 2.48. The van der Waals surface area contributed by atoms with Crippen LogP contribution in [-0.2, 0) is 0 Å². The maximum absolute atomic E-state index is 12.3. The second kappa shape index (κ2) is 5.02. The first kappa shape index (κ1) is 12.2. The molecule has 1 aromatic carbocycles. The van der Waals surface area contributed by atoms with Gasteiger partial charge < -0.3 is 5.32 Å². The van der Waals surface area contributed by atoms with Crippen LogP contribution >= 0.6 is 27.3 Å². The van der Waals surface area contributed by atoms with Gasteiger partial charge in [0.25, 0.3) is 5.91 Å². The first-order valence-corrected chi connectivity index (χ1v) is 7.96. The number of hydrogen-bond donors (Lipinski definition) is 1. The monoisotopic (exact) mass is 323 g/mol. The van der Waals surface area contributed by atoms with Crippen LogP contribution in [0.2, 0.25) is 0 Å². The van der Waals surface area contributed by atoms with Crippen molar-refractivity contribution in [3.63, 3.8) is 0 Å². The van der Waals surface area contributed by atoms with Gasteiger partial charge in [0.15, 0.2) is 0 Å². The van der Waals surface area contributed by atoms with Crippen LogP contribution in [0.15, 0.2) is 29.6 Å². The number of fused-ring (bicyclic) bond motifs is 1. The molecule has 2 atom stereocenters. The van der Waals surface area contributed by atoms with Gasteiger partial charge in [0.2, 0.25) is 0 Å². The fraction of sp³-hybridized carbons (Fsp3) is 0.357. The number of rotatable bonds is 2. The molecule has 0 spiro atoms. The zero-order valence-electron chi connectivity index (χ0n) is 9.86. The van der Waals surface area contributed by atoms with Crippen LogP contribution < -0.4 is 5.32 Å². The Bertz CT molecular complexity index is 580. The van der Waals surface area contributed by atoms with Gasteiger partial charge in [0.05, 0.1) is 5.56 Å². The first-order valence-electron chi connectivity index (χ1n) is 6.17. The number of benzene rings is 1. The average Bonchev–Trinajstić information content (AvgIpc) is 2.96. The van der Waals surface area contributed by atoms with E-state index in [9.17, 15) is 4.79 Å². The molecule has 2 unspecified atom stereocenters. The molecular formula is C14H14BrNOS. The first-order chi connectivity index (χ1) is 8.75. The summed E-state index contributed by atoms with van der Waals surface area (Å²) in [6.45, 7) is 0. The lowest BCUT2D eigenvalue weighted by Crippen LogP contribution is -2.37. The van der Waals surface area contributed by atoms with Crippen LogP contribution in [0, 0.1) is 0 Å². The number of thiophene rings is 1. The summed E-state index contributed by atoms with van der Waals surface area (Å²) in [5.74, 6) is 0.0591. The Morgan fingerprint density at radius 2 is 2.17 bits per heavy atom. The predicted molar refractivity (Wildman–Crippen MR) is 79.6 cm³/mol. The Morgan fingerprint density at radius 1 is 1.33 bits per heavy atom. The van der Waals surface area contributed by atoms with Crippen molar-refractivity contribution >= 4 is 43.3 Å². The van der Waals surface area contributed by atoms with Crippen molar-refractivity contribution in [3.8, 4) is 0 Å². The van der Waals surface area contributed by atoms with Crippen LogP contribution in [0.1, 0.15) is 29.6 Å². The molecule has 18 heavy (non-hydrogen) atoms. The summed E-state index contributed by atoms with van der Waals surface area (Å²) in [5, 5.41) is 6.16. The van der Waals surface area contributed by atoms with Gasteiger partial charge in [-0.3, -0.25) is 4.79 Å². The second-order valence-corrected chi connectivity index (χ2v) is 6.76. The van der Waals surface area contributed by atoms with E-state index in [1.165, 1.54) is 11.1 Å². The van der Waals surface area contributed by atoms with Gasteiger partial charge in [0.1, 0.15) is 0 Å². The van der Waals surface area contributed by atoms with Gasteiger partial charge in [-0.15, -0.1) is 11.3 Å². The molecule has 1 aliphatic carbocycles. The van der Waals surface area contributed by atoms with Gasteiger partial charge in [-0.1, -0.05) is 40.5 Å². The van der Waals surface area contributed by atoms with Crippen LogP contribution in [-0.4, -0.2) is 16.8 Å². The fourth-order valence-corrected chi connectivity index (χ4v) is 4.14. The van der Waals surface area contributed by atoms with E-state index in [2.05, 4.69) is 27.3 Å². The minimum absolute atomic E-state index is 0.0591. The van der Waals surface area contributed by atoms with Crippen molar-refractivity contribution in [3.05, 3.63) is 35.2 Å². The Balaban J connectivity index is 1.84. The van der Waals surface area contributed by atoms with E-state index >= 15 is 0 Å². The predicted octanol–water partition coefficient (Wildman–Crippen LogP) is 3.95. The largest absolute Gasteiger partial charge is 0.348 e. The Labute approximate surface area is 119 Å². The second-order valence-electron chi connectivity index (χ2n) is 4.67. The molecular weight excluding hydrogens is 310 g/mol. The van der Waals surface area contributed by atoms with E-state index < -0.39 is 0 Å². The zero-order valence-corrected chi connectivity index (χ0v) is 12.3. The molecule has 3 rings (SSSR count). The molecule has 1 fully saturated rings. The van der Waals surface area contributed by atoms with E-state index in [-0.39, 0.29) is 11.9 Å². The molecule has 0 radical (unpaired) electrons. The van der Waals surface area contributed by atoms with Crippen molar-refractivity contribution in [2.75, 3.05) is 0 Å². The average molecular weight is 324 g/mol. The molecule has 0 aliphatic heterocycles. The van der Waals surface area contributed by atoms with Gasteiger partial charge >= 0.3 is 0 Å². The topological polar surface area (TPSA) is 29.1 Å². The van der Waals surface area contributed by atoms with Gasteiger partial charge in [0, 0.05) is 26.3 Å². The van der Waals surface area contributed by atoms with Crippen LogP contribution in [0.3, 0.4) is 0 Å². The molecule has 0 bridgehead atoms. The number of nitrogens with one attached hydrogen (secondary N) is 1. The van der Waals surface area contributed by atoms with Crippen LogP contribution in [0.4, 0.5) is 0 Å². The quantitative estimate of drug-likeness (QED) is 0.833. The maximum atomic E-state index is 12.3. The Morgan fingerprint density at radius 3 is 2.94 bits per heavy atom. The van der Waals surface area contributed by atoms with Gasteiger partial charge in [-0.25, -0.2) is 0 Å². The molecule has 2 aromatic rings. The number of halogens is 1. The smallest absolute Gasteiger partial charge is 0.253 e. The summed E-state index contributed by atoms with van der Waals surface area (Å²) in [6, 6.07) is 8.33. The highest BCUT2D eigenvalue weighted by molar-refractivity contribution is 9.09. The van der Waals surface area contributed by atoms with Crippen molar-refractivity contribution in [2.24, 2.45) is 0 Å². The van der Waals surface area contributed by atoms with E-state index in [4.69, 9.17) is 0 Å². The SMILES string of the molecule is O=C(NC1CCCC1Br)c1csc2ccccc12. The summed E-state index contributed by atoms with van der Waals surface area (Å²) in [6.07, 6.45) is 3.41. The number of carbonyl (C=O) groups excluding carboxylic acids is 1. The third kappa shape index (κ3) is 2.19. The third-order valence-corrected chi connectivity index (χ3v) is 5.53. The number of amides is 1. The molecule has 0 saturated heterocycles. The molecule has 1 saturated carbocycles. The molecule has 94 valence electrons. The summed E-state index contributed by atoms with van der Waals surface area (Å²) in [5.41, 5.74) is 0.808. The highest BCUT2D eigenvalue weighted by Crippen LogP contribution is 2.28. The van der Waals surface area contributed by atoms with E-state index in [0.29, 0.717) is 4.83 Å². The zero-order chi connectivity index (χ0) is 12.5. The van der Waals surface area contributed by atoms with Gasteiger partial charge in [-0.05, 0) is 18.9 Å². The van der Waals surface area contributed by atoms with Crippen molar-refractivity contribution in [1.29, 1.82) is 0 Å². The number of alkyl halides is 1. The summed E-state index contributed by atoms with van der Waals surface area (Å²) in [4.78, 5) is 12.7. The lowest BCUT2D eigenvalue weighted by Gasteiger charge is -2.15. The van der Waals surface area contributed by atoms with E-state index in [0.717, 1.165) is 23.8 Å². The molecule has 2 nitrogen and oxygen atoms in total.